The Hall–Kier alpha value is 2.91. The van der Waals surface area contributed by atoms with E-state index in [1.165, 1.54) is 0 Å². The third kappa shape index (κ3) is 2.31. The van der Waals surface area contributed by atoms with Gasteiger partial charge in [0.2, 0.25) is 0 Å². The Kier molecular flexibility index (Phi) is 5.67. The molecule has 8 atom stereocenters. The van der Waals surface area contributed by atoms with Gasteiger partial charge in [0.15, 0.2) is 8.67 Å². The molecule has 33 heavy (non-hydrogen) atoms. The number of fused-ring (bicyclic) bond motifs is 14. The van der Waals surface area contributed by atoms with Gasteiger partial charge < -0.3 is 0 Å². The average molecular weight is 800 g/mol. The van der Waals surface area contributed by atoms with Gasteiger partial charge in [0.05, 0.1) is 20.1 Å². The molecule has 1 aromatic carbocycles. The molecule has 178 valence electrons. The molecule has 1 aromatic rings. The van der Waals surface area contributed by atoms with Gasteiger partial charge in [0, 0.05) is 27.2 Å². The molecule has 0 radical (unpaired) electrons. The standard InChI is InChI=1S/C20H7Cl12I/c21-11-13(23)17(27)9-7(15(11,25)19(17,29)30)5-2-1-4(33)3-6(5)8-10(9)18(28)14(24)12(22)16(8,26)20(18,31)32/h1-3,7-10H. The SMILES string of the molecule is ClC1=C(Cl)C2(Cl)C3C(c4ccc(I)cc4C4C3C3(Cl)C(Cl)=C(Cl)C4(Cl)C3(Cl)Cl)C1(Cl)C2(Cl)Cl. The first-order valence-electron chi connectivity index (χ1n) is 9.43. The van der Waals surface area contributed by atoms with Crippen LogP contribution in [0.2, 0.25) is 0 Å². The van der Waals surface area contributed by atoms with E-state index in [1.807, 2.05) is 18.2 Å². The summed E-state index contributed by atoms with van der Waals surface area (Å²) >= 11 is 85.9. The minimum absolute atomic E-state index is 0.0485. The summed E-state index contributed by atoms with van der Waals surface area (Å²) in [6, 6.07) is 5.82. The van der Waals surface area contributed by atoms with Gasteiger partial charge in [0.25, 0.3) is 0 Å². The fourth-order valence-electron chi connectivity index (χ4n) is 6.87. The number of allylic oxidation sites excluding steroid dienone is 4. The first-order chi connectivity index (χ1) is 15.0. The Morgan fingerprint density at radius 1 is 0.545 bits per heavy atom. The third-order valence-corrected chi connectivity index (χ3v) is 17.3. The summed E-state index contributed by atoms with van der Waals surface area (Å²) < 4.78 is -2.68. The highest BCUT2D eigenvalue weighted by Crippen LogP contribution is 2.88. The minimum Gasteiger partial charge on any atom is -0.109 e. The summed E-state index contributed by atoms with van der Waals surface area (Å²) in [5.74, 6) is -2.58. The molecular formula is C20H7Cl12I. The fourth-order valence-corrected chi connectivity index (χ4v) is 13.4. The Labute approximate surface area is 263 Å². The van der Waals surface area contributed by atoms with Crippen molar-refractivity contribution in [3.05, 3.63) is 53.0 Å². The highest BCUT2D eigenvalue weighted by molar-refractivity contribution is 14.1. The van der Waals surface area contributed by atoms with Crippen LogP contribution in [0.15, 0.2) is 38.3 Å². The molecule has 0 amide bonds. The van der Waals surface area contributed by atoms with Gasteiger partial charge in [-0.3, -0.25) is 0 Å². The summed E-state index contributed by atoms with van der Waals surface area (Å²) in [7, 11) is 0. The van der Waals surface area contributed by atoms with Crippen molar-refractivity contribution in [1.82, 2.24) is 0 Å². The molecule has 0 aliphatic heterocycles. The molecule has 13 heteroatoms. The van der Waals surface area contributed by atoms with E-state index < -0.39 is 51.8 Å². The van der Waals surface area contributed by atoms with Gasteiger partial charge in [-0.2, -0.15) is 0 Å². The van der Waals surface area contributed by atoms with E-state index in [9.17, 15) is 0 Å². The van der Waals surface area contributed by atoms with Crippen molar-refractivity contribution in [1.29, 1.82) is 0 Å². The predicted molar refractivity (Wildman–Crippen MR) is 152 cm³/mol. The largest absolute Gasteiger partial charge is 0.167 e. The van der Waals surface area contributed by atoms with Crippen LogP contribution >= 0.6 is 162 Å². The Bertz CT molecular complexity index is 1240. The lowest BCUT2D eigenvalue weighted by Crippen LogP contribution is -2.53. The van der Waals surface area contributed by atoms with Gasteiger partial charge in [-0.1, -0.05) is 98.9 Å². The number of halogens is 13. The third-order valence-electron chi connectivity index (χ3n) is 8.09. The molecule has 2 fully saturated rings. The van der Waals surface area contributed by atoms with E-state index in [2.05, 4.69) is 22.6 Å². The zero-order valence-corrected chi connectivity index (χ0v) is 26.7. The van der Waals surface area contributed by atoms with E-state index >= 15 is 0 Å². The van der Waals surface area contributed by atoms with Gasteiger partial charge in [-0.05, 0) is 45.9 Å². The summed E-state index contributed by atoms with van der Waals surface area (Å²) in [6.45, 7) is 0. The topological polar surface area (TPSA) is 0 Å². The number of benzene rings is 1. The molecule has 0 nitrogen and oxygen atoms in total. The van der Waals surface area contributed by atoms with E-state index in [-0.39, 0.29) is 20.1 Å². The van der Waals surface area contributed by atoms with Crippen LogP contribution in [-0.2, 0) is 0 Å². The molecule has 0 saturated heterocycles. The van der Waals surface area contributed by atoms with Gasteiger partial charge >= 0.3 is 0 Å². The van der Waals surface area contributed by atoms with Crippen molar-refractivity contribution in [2.75, 3.05) is 0 Å². The van der Waals surface area contributed by atoms with Crippen molar-refractivity contribution in [2.45, 2.75) is 40.0 Å². The van der Waals surface area contributed by atoms with Crippen molar-refractivity contribution in [3.63, 3.8) is 0 Å². The van der Waals surface area contributed by atoms with E-state index in [0.717, 1.165) is 14.7 Å². The molecule has 0 spiro atoms. The Morgan fingerprint density at radius 3 is 1.33 bits per heavy atom. The first kappa shape index (κ1) is 26.1. The maximum atomic E-state index is 7.29. The first-order valence-corrected chi connectivity index (χ1v) is 15.0. The number of alkyl halides is 8. The van der Waals surface area contributed by atoms with Crippen LogP contribution in [0.1, 0.15) is 23.0 Å². The second-order valence-electron chi connectivity index (χ2n) is 9.03. The predicted octanol–water partition coefficient (Wildman–Crippen LogP) is 10.4. The highest BCUT2D eigenvalue weighted by atomic mass is 127. The number of rotatable bonds is 0. The van der Waals surface area contributed by atoms with Gasteiger partial charge in [-0.15, -0.1) is 46.4 Å². The fraction of sp³-hybridized carbons (Fsp3) is 0.500. The monoisotopic (exact) mass is 794 g/mol. The second-order valence-corrected chi connectivity index (χ2v) is 16.8. The molecule has 2 saturated carbocycles. The molecule has 8 unspecified atom stereocenters. The lowest BCUT2D eigenvalue weighted by molar-refractivity contribution is 0.201. The Balaban J connectivity index is 1.79. The van der Waals surface area contributed by atoms with Crippen LogP contribution in [-0.4, -0.2) is 28.2 Å². The van der Waals surface area contributed by atoms with Crippen LogP contribution in [0.4, 0.5) is 0 Å². The smallest absolute Gasteiger partial charge is 0.109 e. The highest BCUT2D eigenvalue weighted by Gasteiger charge is 2.91. The lowest BCUT2D eigenvalue weighted by atomic mass is 9.57. The van der Waals surface area contributed by atoms with E-state index in [4.69, 9.17) is 139 Å². The average Bonchev–Trinajstić information content (AvgIpc) is 3.08. The van der Waals surface area contributed by atoms with Crippen molar-refractivity contribution in [2.24, 2.45) is 11.8 Å². The maximum Gasteiger partial charge on any atom is 0.167 e. The second kappa shape index (κ2) is 7.15. The van der Waals surface area contributed by atoms with Crippen LogP contribution in [0.5, 0.6) is 0 Å². The van der Waals surface area contributed by atoms with Gasteiger partial charge in [-0.25, -0.2) is 0 Å². The molecule has 0 N–H and O–H groups in total. The summed E-state index contributed by atoms with van der Waals surface area (Å²) in [5, 5.41) is 0.274. The zero-order chi connectivity index (χ0) is 24.5. The van der Waals surface area contributed by atoms with Crippen LogP contribution in [0.3, 0.4) is 0 Å². The van der Waals surface area contributed by atoms with Crippen LogP contribution in [0.25, 0.3) is 0 Å². The summed E-state index contributed by atoms with van der Waals surface area (Å²) in [6.07, 6.45) is 0. The lowest BCUT2D eigenvalue weighted by Gasteiger charge is -2.52. The molecule has 6 rings (SSSR count). The van der Waals surface area contributed by atoms with Crippen molar-refractivity contribution < 1.29 is 0 Å². The van der Waals surface area contributed by atoms with Crippen molar-refractivity contribution in [3.8, 4) is 0 Å². The number of hydrogen-bond acceptors (Lipinski definition) is 0. The molecule has 0 heterocycles. The van der Waals surface area contributed by atoms with E-state index in [1.54, 1.807) is 0 Å². The van der Waals surface area contributed by atoms with E-state index in [0.29, 0.717) is 0 Å². The molecule has 0 aromatic heterocycles. The van der Waals surface area contributed by atoms with Crippen LogP contribution in [0, 0.1) is 15.4 Å². The zero-order valence-electron chi connectivity index (χ0n) is 15.5. The van der Waals surface area contributed by atoms with Gasteiger partial charge in [0.1, 0.15) is 19.5 Å². The summed E-state index contributed by atoms with van der Waals surface area (Å²) in [5.41, 5.74) is 1.60. The molecular weight excluding hydrogens is 793 g/mol. The molecule has 5 aliphatic carbocycles. The minimum atomic E-state index is -1.81. The quantitative estimate of drug-likeness (QED) is 0.181. The molecule has 4 bridgehead atoms. The molecule has 5 aliphatic rings. The summed E-state index contributed by atoms with van der Waals surface area (Å²) in [4.78, 5) is -6.36. The van der Waals surface area contributed by atoms with Crippen LogP contribution < -0.4 is 0 Å². The van der Waals surface area contributed by atoms with Crippen molar-refractivity contribution >= 4 is 162 Å². The number of hydrogen-bond donors (Lipinski definition) is 0. The normalized spacial score (nSPS) is 50.1. The maximum absolute atomic E-state index is 7.29. The Morgan fingerprint density at radius 2 is 0.909 bits per heavy atom.